The fraction of sp³-hybridized carbons (Fsp3) is 0.385. The number of hydrogen-bond acceptors (Lipinski definition) is 7. The van der Waals surface area contributed by atoms with Gasteiger partial charge >= 0.3 is 12.4 Å². The lowest BCUT2D eigenvalue weighted by Crippen LogP contribution is -2.49. The molecule has 1 amide bonds. The van der Waals surface area contributed by atoms with Crippen LogP contribution in [0.4, 0.5) is 30.7 Å². The van der Waals surface area contributed by atoms with Crippen LogP contribution in [0.25, 0.3) is 11.3 Å². The summed E-state index contributed by atoms with van der Waals surface area (Å²) in [5.41, 5.74) is -1.85. The first-order valence-corrected chi connectivity index (χ1v) is 15.4. The fourth-order valence-electron chi connectivity index (χ4n) is 4.73. The Bertz CT molecular complexity index is 1570. The van der Waals surface area contributed by atoms with E-state index in [4.69, 9.17) is 0 Å². The molecule has 0 aliphatic carbocycles. The molecule has 0 bridgehead atoms. The monoisotopic (exact) mass is 651 g/mol. The molecule has 1 aliphatic rings. The van der Waals surface area contributed by atoms with E-state index in [9.17, 15) is 43.9 Å². The van der Waals surface area contributed by atoms with E-state index in [2.05, 4.69) is 15.0 Å². The van der Waals surface area contributed by atoms with Gasteiger partial charge in [0, 0.05) is 36.7 Å². The first-order valence-electron chi connectivity index (χ1n) is 12.6. The lowest BCUT2D eigenvalue weighted by Gasteiger charge is -2.32. The maximum atomic E-state index is 14.0. The van der Waals surface area contributed by atoms with Crippen LogP contribution in [-0.4, -0.2) is 62.7 Å². The zero-order valence-electron chi connectivity index (χ0n) is 22.5. The fourth-order valence-corrected chi connectivity index (χ4v) is 7.10. The summed E-state index contributed by atoms with van der Waals surface area (Å²) in [5, 5.41) is 0. The van der Waals surface area contributed by atoms with Gasteiger partial charge in [0.25, 0.3) is 0 Å². The predicted molar refractivity (Wildman–Crippen MR) is 142 cm³/mol. The summed E-state index contributed by atoms with van der Waals surface area (Å²) in [5.74, 6) is -2.95. The van der Waals surface area contributed by atoms with Crippen molar-refractivity contribution in [3.05, 3.63) is 71.7 Å². The van der Waals surface area contributed by atoms with Crippen LogP contribution in [0.3, 0.4) is 0 Å². The molecule has 2 aromatic heterocycles. The number of halogens is 7. The Kier molecular flexibility index (Phi) is 9.37. The summed E-state index contributed by atoms with van der Waals surface area (Å²) in [4.78, 5) is 24.8. The third-order valence-corrected chi connectivity index (χ3v) is 9.33. The SMILES string of the molecule is CSCN(Cc1cc(-c2cnc(C(F)(F)F)nc2)ncc1C(F)(F)F)C(=O)C1CCC(C)N1S(=O)(=O)c1ccc(F)cc1. The summed E-state index contributed by atoms with van der Waals surface area (Å²) in [6, 6.07) is 3.18. The Morgan fingerprint density at radius 1 is 1.00 bits per heavy atom. The number of carbonyl (C=O) groups excluding carboxylic acids is 1. The minimum Gasteiger partial charge on any atom is -0.328 e. The molecule has 1 saturated heterocycles. The van der Waals surface area contributed by atoms with Crippen LogP contribution in [0.2, 0.25) is 0 Å². The highest BCUT2D eigenvalue weighted by molar-refractivity contribution is 7.98. The largest absolute Gasteiger partial charge is 0.451 e. The number of rotatable bonds is 8. The number of carbonyl (C=O) groups is 1. The highest BCUT2D eigenvalue weighted by Crippen LogP contribution is 2.36. The van der Waals surface area contributed by atoms with Crippen LogP contribution in [0, 0.1) is 5.82 Å². The Hall–Kier alpha value is -3.31. The van der Waals surface area contributed by atoms with E-state index < -0.39 is 69.7 Å². The minimum absolute atomic E-state index is 0.0908. The zero-order chi connectivity index (χ0) is 31.7. The molecule has 0 saturated carbocycles. The van der Waals surface area contributed by atoms with Crippen LogP contribution in [-0.2, 0) is 33.7 Å². The maximum absolute atomic E-state index is 14.0. The quantitative estimate of drug-likeness (QED) is 0.231. The second-order valence-corrected chi connectivity index (χ2v) is 12.4. The predicted octanol–water partition coefficient (Wildman–Crippen LogP) is 5.61. The molecule has 3 aromatic rings. The van der Waals surface area contributed by atoms with E-state index in [1.165, 1.54) is 0 Å². The number of sulfonamides is 1. The Morgan fingerprint density at radius 3 is 2.19 bits per heavy atom. The van der Waals surface area contributed by atoms with E-state index in [0.717, 1.165) is 63.7 Å². The first-order chi connectivity index (χ1) is 20.0. The van der Waals surface area contributed by atoms with Gasteiger partial charge in [0.15, 0.2) is 0 Å². The van der Waals surface area contributed by atoms with Gasteiger partial charge in [-0.2, -0.15) is 30.6 Å². The lowest BCUT2D eigenvalue weighted by molar-refractivity contribution is -0.145. The van der Waals surface area contributed by atoms with Crippen LogP contribution in [0.5, 0.6) is 0 Å². The molecule has 17 heteroatoms. The van der Waals surface area contributed by atoms with Crippen LogP contribution >= 0.6 is 11.8 Å². The molecule has 3 heterocycles. The van der Waals surface area contributed by atoms with Gasteiger partial charge in [-0.25, -0.2) is 22.8 Å². The number of pyridine rings is 1. The molecule has 2 unspecified atom stereocenters. The molecule has 1 aromatic carbocycles. The molecule has 232 valence electrons. The van der Waals surface area contributed by atoms with Crippen LogP contribution < -0.4 is 0 Å². The van der Waals surface area contributed by atoms with Gasteiger partial charge in [-0.05, 0) is 61.9 Å². The number of alkyl halides is 6. The van der Waals surface area contributed by atoms with Crippen molar-refractivity contribution in [2.45, 2.75) is 55.6 Å². The molecule has 4 rings (SSSR count). The average molecular weight is 652 g/mol. The standard InChI is InChI=1S/C26H24F7N5O3S2/c1-15-3-8-22(38(15)43(40,41)19-6-4-18(27)5-7-19)23(39)37(14-42-2)13-16-9-21(34-12-20(16)25(28,29)30)17-10-35-24(36-11-17)26(31,32)33/h4-7,9-12,15,22H,3,8,13-14H2,1-2H3. The molecule has 0 spiro atoms. The highest BCUT2D eigenvalue weighted by atomic mass is 32.2. The summed E-state index contributed by atoms with van der Waals surface area (Å²) in [7, 11) is -4.28. The molecule has 0 N–H and O–H groups in total. The van der Waals surface area contributed by atoms with Crippen molar-refractivity contribution in [3.63, 3.8) is 0 Å². The number of nitrogens with zero attached hydrogens (tertiary/aromatic N) is 5. The molecule has 1 fully saturated rings. The number of thioether (sulfide) groups is 1. The van der Waals surface area contributed by atoms with Gasteiger partial charge in [0.2, 0.25) is 21.8 Å². The van der Waals surface area contributed by atoms with Gasteiger partial charge in [-0.15, -0.1) is 11.8 Å². The second-order valence-electron chi connectivity index (χ2n) is 9.70. The van der Waals surface area contributed by atoms with Crippen molar-refractivity contribution in [2.75, 3.05) is 12.1 Å². The van der Waals surface area contributed by atoms with Crippen molar-refractivity contribution >= 4 is 27.7 Å². The minimum atomic E-state index is -4.90. The number of benzene rings is 1. The Balaban J connectivity index is 1.69. The summed E-state index contributed by atoms with van der Waals surface area (Å²) in [6.07, 6.45) is -5.67. The summed E-state index contributed by atoms with van der Waals surface area (Å²) < 4.78 is 122. The molecule has 0 radical (unpaired) electrons. The molecule has 2 atom stereocenters. The average Bonchev–Trinajstić information content (AvgIpc) is 3.33. The summed E-state index contributed by atoms with van der Waals surface area (Å²) in [6.45, 7) is 0.983. The normalized spacial score (nSPS) is 18.2. The Labute approximate surface area is 246 Å². The molecule has 43 heavy (non-hydrogen) atoms. The smallest absolute Gasteiger partial charge is 0.328 e. The van der Waals surface area contributed by atoms with Gasteiger partial charge in [-0.1, -0.05) is 0 Å². The maximum Gasteiger partial charge on any atom is 0.451 e. The molecule has 8 nitrogen and oxygen atoms in total. The van der Waals surface area contributed by atoms with Crippen LogP contribution in [0.15, 0.2) is 53.8 Å². The third-order valence-electron chi connectivity index (χ3n) is 6.73. The number of amides is 1. The van der Waals surface area contributed by atoms with Crippen molar-refractivity contribution in [3.8, 4) is 11.3 Å². The van der Waals surface area contributed by atoms with E-state index in [-0.39, 0.29) is 28.5 Å². The van der Waals surface area contributed by atoms with E-state index in [1.54, 1.807) is 13.2 Å². The van der Waals surface area contributed by atoms with E-state index >= 15 is 0 Å². The van der Waals surface area contributed by atoms with Crippen molar-refractivity contribution in [2.24, 2.45) is 0 Å². The topological polar surface area (TPSA) is 96.4 Å². The number of hydrogen-bond donors (Lipinski definition) is 0. The van der Waals surface area contributed by atoms with Crippen LogP contribution in [0.1, 0.15) is 36.7 Å². The van der Waals surface area contributed by atoms with Crippen molar-refractivity contribution < 1.29 is 43.9 Å². The van der Waals surface area contributed by atoms with Crippen molar-refractivity contribution in [1.82, 2.24) is 24.2 Å². The van der Waals surface area contributed by atoms with E-state index in [0.29, 0.717) is 12.6 Å². The van der Waals surface area contributed by atoms with Gasteiger partial charge in [0.05, 0.1) is 22.0 Å². The highest BCUT2D eigenvalue weighted by Gasteiger charge is 2.45. The molecular weight excluding hydrogens is 627 g/mol. The second kappa shape index (κ2) is 12.4. The van der Waals surface area contributed by atoms with Gasteiger partial charge < -0.3 is 4.90 Å². The zero-order valence-corrected chi connectivity index (χ0v) is 24.2. The lowest BCUT2D eigenvalue weighted by atomic mass is 10.1. The summed E-state index contributed by atoms with van der Waals surface area (Å²) >= 11 is 1.11. The Morgan fingerprint density at radius 2 is 1.63 bits per heavy atom. The van der Waals surface area contributed by atoms with Gasteiger partial charge in [0.1, 0.15) is 11.9 Å². The van der Waals surface area contributed by atoms with Crippen molar-refractivity contribution in [1.29, 1.82) is 0 Å². The van der Waals surface area contributed by atoms with Gasteiger partial charge in [-0.3, -0.25) is 9.78 Å². The van der Waals surface area contributed by atoms with E-state index in [1.807, 2.05) is 0 Å². The molecular formula is C26H24F7N5O3S2. The third kappa shape index (κ3) is 7.09. The first kappa shape index (κ1) is 32.6. The molecule has 1 aliphatic heterocycles. The number of aromatic nitrogens is 3.